The Hall–Kier alpha value is -2.29. The lowest BCUT2D eigenvalue weighted by molar-refractivity contribution is -0.0731. The third-order valence-electron chi connectivity index (χ3n) is 6.07. The van der Waals surface area contributed by atoms with Gasteiger partial charge in [-0.25, -0.2) is 4.98 Å². The number of anilines is 2. The van der Waals surface area contributed by atoms with Gasteiger partial charge in [0.25, 0.3) is 0 Å². The Labute approximate surface area is 190 Å². The molecular weight excluding hydrogens is 410 g/mol. The molecule has 1 aromatic carbocycles. The highest BCUT2D eigenvalue weighted by Crippen LogP contribution is 2.34. The molecule has 1 saturated heterocycles. The van der Waals surface area contributed by atoms with Gasteiger partial charge in [0.05, 0.1) is 35.6 Å². The monoisotopic (exact) mass is 441 g/mol. The van der Waals surface area contributed by atoms with E-state index in [1.807, 2.05) is 19.1 Å². The van der Waals surface area contributed by atoms with Crippen molar-refractivity contribution in [3.8, 4) is 11.9 Å². The second kappa shape index (κ2) is 11.4. The van der Waals surface area contributed by atoms with Crippen LogP contribution in [0.1, 0.15) is 57.1 Å². The van der Waals surface area contributed by atoms with Crippen LogP contribution >= 0.6 is 11.6 Å². The second-order valence-electron chi connectivity index (χ2n) is 8.26. The first-order chi connectivity index (χ1) is 15.1. The summed E-state index contributed by atoms with van der Waals surface area (Å²) < 4.78 is 12.5. The van der Waals surface area contributed by atoms with Crippen LogP contribution in [0.4, 0.5) is 11.4 Å². The van der Waals surface area contributed by atoms with Gasteiger partial charge in [0.2, 0.25) is 5.88 Å². The van der Waals surface area contributed by atoms with Crippen LogP contribution in [-0.2, 0) is 4.74 Å². The number of hydrogen-bond donors (Lipinski definition) is 1. The Bertz CT molecular complexity index is 912. The summed E-state index contributed by atoms with van der Waals surface area (Å²) in [5, 5.41) is 12.9. The maximum Gasteiger partial charge on any atom is 0.218 e. The molecule has 0 amide bonds. The summed E-state index contributed by atoms with van der Waals surface area (Å²) in [7, 11) is 0. The van der Waals surface area contributed by atoms with Crippen molar-refractivity contribution in [1.82, 2.24) is 4.98 Å². The van der Waals surface area contributed by atoms with Crippen LogP contribution < -0.4 is 10.1 Å². The third kappa shape index (κ3) is 5.90. The van der Waals surface area contributed by atoms with Gasteiger partial charge in [0, 0.05) is 29.3 Å². The topological polar surface area (TPSA) is 67.2 Å². The fourth-order valence-electron chi connectivity index (χ4n) is 4.12. The number of ether oxygens (including phenoxy) is 2. The van der Waals surface area contributed by atoms with Gasteiger partial charge < -0.3 is 14.8 Å². The van der Waals surface area contributed by atoms with Crippen molar-refractivity contribution in [2.24, 2.45) is 11.8 Å². The number of nitrogens with one attached hydrogen (secondary N) is 1. The minimum absolute atomic E-state index is 0.107. The van der Waals surface area contributed by atoms with Crippen LogP contribution in [0, 0.1) is 30.1 Å². The molecule has 1 fully saturated rings. The third-order valence-corrected chi connectivity index (χ3v) is 6.38. The average molecular weight is 442 g/mol. The number of halogens is 1. The molecule has 1 aliphatic rings. The van der Waals surface area contributed by atoms with Gasteiger partial charge in [0.1, 0.15) is 6.10 Å². The lowest BCUT2D eigenvalue weighted by Crippen LogP contribution is -2.44. The molecule has 2 aromatic rings. The van der Waals surface area contributed by atoms with E-state index >= 15 is 0 Å². The Kier molecular flexibility index (Phi) is 8.57. The lowest BCUT2D eigenvalue weighted by atomic mass is 9.84. The molecule has 1 aliphatic heterocycles. The van der Waals surface area contributed by atoms with E-state index in [9.17, 15) is 0 Å². The maximum atomic E-state index is 9.05. The highest BCUT2D eigenvalue weighted by atomic mass is 35.5. The van der Waals surface area contributed by atoms with E-state index in [2.05, 4.69) is 30.2 Å². The van der Waals surface area contributed by atoms with Crippen molar-refractivity contribution in [3.05, 3.63) is 46.6 Å². The van der Waals surface area contributed by atoms with Gasteiger partial charge in [-0.15, -0.1) is 0 Å². The molecule has 2 heterocycles. The van der Waals surface area contributed by atoms with E-state index in [-0.39, 0.29) is 6.10 Å². The van der Waals surface area contributed by atoms with Gasteiger partial charge >= 0.3 is 0 Å². The molecule has 1 aromatic heterocycles. The number of rotatable bonds is 9. The fourth-order valence-corrected chi connectivity index (χ4v) is 4.35. The highest BCUT2D eigenvalue weighted by Gasteiger charge is 2.35. The van der Waals surface area contributed by atoms with Crippen LogP contribution in [0.3, 0.4) is 0 Å². The number of aromatic nitrogens is 1. The number of nitrogens with zero attached hydrogens (tertiary/aromatic N) is 2. The average Bonchev–Trinajstić information content (AvgIpc) is 2.78. The van der Waals surface area contributed by atoms with Crippen molar-refractivity contribution in [3.63, 3.8) is 0 Å². The number of pyridine rings is 1. The largest absolute Gasteiger partial charge is 0.473 e. The predicted molar refractivity (Wildman–Crippen MR) is 125 cm³/mol. The Morgan fingerprint density at radius 3 is 2.71 bits per heavy atom. The van der Waals surface area contributed by atoms with Crippen LogP contribution in [0.2, 0.25) is 5.02 Å². The van der Waals surface area contributed by atoms with Crippen LogP contribution in [-0.4, -0.2) is 24.3 Å². The molecule has 3 atom stereocenters. The Balaban J connectivity index is 1.79. The molecule has 5 nitrogen and oxygen atoms in total. The Morgan fingerprint density at radius 1 is 1.19 bits per heavy atom. The first-order valence-corrected chi connectivity index (χ1v) is 11.6. The first-order valence-electron chi connectivity index (χ1n) is 11.2. The van der Waals surface area contributed by atoms with E-state index in [0.29, 0.717) is 28.3 Å². The zero-order chi connectivity index (χ0) is 22.2. The van der Waals surface area contributed by atoms with Gasteiger partial charge in [-0.3, -0.25) is 0 Å². The SMILES string of the molecule is CCCCCC1COCC(CC)C1Oc1nccc(Nc2ccc(C#N)cc2Cl)c1C. The molecule has 1 N–H and O–H groups in total. The van der Waals surface area contributed by atoms with Crippen LogP contribution in [0.5, 0.6) is 5.88 Å². The fraction of sp³-hybridized carbons (Fsp3) is 0.520. The van der Waals surface area contributed by atoms with Gasteiger partial charge in [-0.2, -0.15) is 5.26 Å². The molecule has 0 spiro atoms. The molecular formula is C25H32ClN3O2. The first kappa shape index (κ1) is 23.4. The van der Waals surface area contributed by atoms with Crippen molar-refractivity contribution in [2.45, 2.75) is 59.0 Å². The quantitative estimate of drug-likeness (QED) is 0.440. The normalized spacial score (nSPS) is 20.8. The van der Waals surface area contributed by atoms with Crippen molar-refractivity contribution in [2.75, 3.05) is 18.5 Å². The van der Waals surface area contributed by atoms with E-state index < -0.39 is 0 Å². The lowest BCUT2D eigenvalue weighted by Gasteiger charge is -2.38. The molecule has 0 bridgehead atoms. The zero-order valence-corrected chi connectivity index (χ0v) is 19.4. The van der Waals surface area contributed by atoms with Gasteiger partial charge in [-0.1, -0.05) is 44.7 Å². The molecule has 166 valence electrons. The molecule has 0 saturated carbocycles. The molecule has 0 radical (unpaired) electrons. The summed E-state index contributed by atoms with van der Waals surface area (Å²) in [5.41, 5.74) is 3.11. The highest BCUT2D eigenvalue weighted by molar-refractivity contribution is 6.33. The molecule has 3 unspecified atom stereocenters. The van der Waals surface area contributed by atoms with E-state index in [1.54, 1.807) is 18.3 Å². The number of unbranched alkanes of at least 4 members (excludes halogenated alkanes) is 2. The van der Waals surface area contributed by atoms with Crippen LogP contribution in [0.15, 0.2) is 30.5 Å². The molecule has 31 heavy (non-hydrogen) atoms. The van der Waals surface area contributed by atoms with Gasteiger partial charge in [0.15, 0.2) is 0 Å². The summed E-state index contributed by atoms with van der Waals surface area (Å²) in [6.07, 6.45) is 7.65. The van der Waals surface area contributed by atoms with E-state index in [1.165, 1.54) is 19.3 Å². The summed E-state index contributed by atoms with van der Waals surface area (Å²) in [6, 6.07) is 9.24. The molecule has 3 rings (SSSR count). The van der Waals surface area contributed by atoms with E-state index in [4.69, 9.17) is 26.3 Å². The summed E-state index contributed by atoms with van der Waals surface area (Å²) >= 11 is 6.35. The summed E-state index contributed by atoms with van der Waals surface area (Å²) in [4.78, 5) is 4.55. The number of nitriles is 1. The maximum absolute atomic E-state index is 9.05. The number of benzene rings is 1. The van der Waals surface area contributed by atoms with Crippen molar-refractivity contribution in [1.29, 1.82) is 5.26 Å². The Morgan fingerprint density at radius 2 is 2.00 bits per heavy atom. The van der Waals surface area contributed by atoms with Gasteiger partial charge in [-0.05, 0) is 44.0 Å². The zero-order valence-electron chi connectivity index (χ0n) is 18.7. The van der Waals surface area contributed by atoms with E-state index in [0.717, 1.165) is 43.0 Å². The minimum Gasteiger partial charge on any atom is -0.473 e. The predicted octanol–water partition coefficient (Wildman–Crippen LogP) is 6.66. The minimum atomic E-state index is 0.107. The van der Waals surface area contributed by atoms with Crippen LogP contribution in [0.25, 0.3) is 0 Å². The van der Waals surface area contributed by atoms with Crippen molar-refractivity contribution < 1.29 is 9.47 Å². The molecule has 6 heteroatoms. The second-order valence-corrected chi connectivity index (χ2v) is 8.67. The summed E-state index contributed by atoms with van der Waals surface area (Å²) in [6.45, 7) is 7.93. The smallest absolute Gasteiger partial charge is 0.218 e. The number of hydrogen-bond acceptors (Lipinski definition) is 5. The van der Waals surface area contributed by atoms with Crippen molar-refractivity contribution >= 4 is 23.0 Å². The molecule has 0 aliphatic carbocycles. The summed E-state index contributed by atoms with van der Waals surface area (Å²) in [5.74, 6) is 1.41. The standard InChI is InChI=1S/C25H32ClN3O2/c1-4-6-7-8-20-16-30-15-19(5-2)24(20)31-25-17(3)22(11-12-28-25)29-23-10-9-18(14-27)13-21(23)26/h9-13,19-20,24H,4-8,15-16H2,1-3H3,(H,28,29).